The van der Waals surface area contributed by atoms with Gasteiger partial charge >= 0.3 is 0 Å². The minimum Gasteiger partial charge on any atom is -0.512 e. The molecule has 0 atom stereocenters. The predicted octanol–water partition coefficient (Wildman–Crippen LogP) is 13.8. The zero-order chi connectivity index (χ0) is 38.2. The van der Waals surface area contributed by atoms with E-state index in [4.69, 9.17) is 13.8 Å². The van der Waals surface area contributed by atoms with Crippen molar-refractivity contribution in [2.24, 2.45) is 16.7 Å². The standard InChI is InChI=1S/C32H30NO2.C15H28O2.Ir/c1-18(2)15-25-19(3)34-30-23(25)11-12-27-28(30)24-13-14-33-29(31(24)35-27)21-16-20-9-7-8-10-22(20)26(17-21)32(4,5)6;1-7-14(5,8-2)12(16)11-13(17)15(6,9-3)10-4;/h7-14,17-18H,15H2,1-6H3;11,16H,7-10H2,1-6H3;/q-1;;/b;12-11-;. The number of carbonyl (C=O) groups is 1. The number of fused-ring (bicyclic) bond motifs is 6. The summed E-state index contributed by atoms with van der Waals surface area (Å²) < 4.78 is 12.8. The molecule has 6 rings (SSSR count). The molecule has 0 fully saturated rings. The second kappa shape index (κ2) is 16.3. The summed E-state index contributed by atoms with van der Waals surface area (Å²) in [5.74, 6) is 1.83. The van der Waals surface area contributed by atoms with E-state index in [1.165, 1.54) is 28.0 Å². The van der Waals surface area contributed by atoms with Gasteiger partial charge in [-0.05, 0) is 68.6 Å². The van der Waals surface area contributed by atoms with E-state index in [0.29, 0.717) is 5.92 Å². The van der Waals surface area contributed by atoms with E-state index in [9.17, 15) is 9.90 Å². The summed E-state index contributed by atoms with van der Waals surface area (Å²) >= 11 is 0. The Morgan fingerprint density at radius 3 is 2.09 bits per heavy atom. The zero-order valence-corrected chi connectivity index (χ0v) is 36.2. The number of pyridine rings is 1. The molecule has 0 aliphatic rings. The molecule has 0 saturated heterocycles. The van der Waals surface area contributed by atoms with Gasteiger partial charge in [-0.1, -0.05) is 105 Å². The van der Waals surface area contributed by atoms with Crippen molar-refractivity contribution in [3.05, 3.63) is 89.5 Å². The maximum atomic E-state index is 12.2. The Balaban J connectivity index is 0.000000299. The van der Waals surface area contributed by atoms with Crippen LogP contribution in [-0.4, -0.2) is 15.9 Å². The molecule has 1 N–H and O–H groups in total. The maximum absolute atomic E-state index is 12.2. The summed E-state index contributed by atoms with van der Waals surface area (Å²) in [6.07, 6.45) is 7.62. The molecular formula is C47H58IrNO4-. The van der Waals surface area contributed by atoms with Gasteiger partial charge in [-0.25, -0.2) is 0 Å². The van der Waals surface area contributed by atoms with Gasteiger partial charge in [0.25, 0.3) is 0 Å². The number of carbonyl (C=O) groups excluding carboxylic acids is 1. The van der Waals surface area contributed by atoms with Gasteiger partial charge in [0.1, 0.15) is 28.3 Å². The molecule has 6 aromatic rings. The van der Waals surface area contributed by atoms with Crippen molar-refractivity contribution in [2.45, 2.75) is 121 Å². The molecule has 0 saturated carbocycles. The van der Waals surface area contributed by atoms with Crippen LogP contribution in [0.5, 0.6) is 0 Å². The van der Waals surface area contributed by atoms with Crippen LogP contribution in [0.2, 0.25) is 0 Å². The summed E-state index contributed by atoms with van der Waals surface area (Å²) in [5, 5.41) is 15.7. The normalized spacial score (nSPS) is 12.8. The largest absolute Gasteiger partial charge is 0.512 e. The third-order valence-electron chi connectivity index (χ3n) is 11.6. The Labute approximate surface area is 330 Å². The van der Waals surface area contributed by atoms with Crippen molar-refractivity contribution >= 4 is 49.5 Å². The molecule has 5 nitrogen and oxygen atoms in total. The molecule has 3 aromatic heterocycles. The van der Waals surface area contributed by atoms with Crippen LogP contribution in [0.15, 0.2) is 75.4 Å². The van der Waals surface area contributed by atoms with Gasteiger partial charge in [0.2, 0.25) is 0 Å². The van der Waals surface area contributed by atoms with Crippen LogP contribution >= 0.6 is 0 Å². The fourth-order valence-corrected chi connectivity index (χ4v) is 7.03. The number of aliphatic hydroxyl groups excluding tert-OH is 1. The Morgan fingerprint density at radius 1 is 0.849 bits per heavy atom. The van der Waals surface area contributed by atoms with Gasteiger partial charge in [0.15, 0.2) is 5.78 Å². The number of ketones is 1. The molecule has 0 amide bonds. The van der Waals surface area contributed by atoms with Gasteiger partial charge in [-0.3, -0.25) is 9.78 Å². The first-order valence-electron chi connectivity index (χ1n) is 19.1. The average molecular weight is 893 g/mol. The van der Waals surface area contributed by atoms with Gasteiger partial charge in [0.05, 0.1) is 5.39 Å². The summed E-state index contributed by atoms with van der Waals surface area (Å²) in [6, 6.07) is 20.6. The van der Waals surface area contributed by atoms with Crippen LogP contribution in [0.1, 0.15) is 119 Å². The number of rotatable bonds is 10. The third-order valence-corrected chi connectivity index (χ3v) is 11.6. The van der Waals surface area contributed by atoms with Crippen LogP contribution in [0.25, 0.3) is 54.9 Å². The molecule has 6 heteroatoms. The first-order valence-corrected chi connectivity index (χ1v) is 19.1. The third kappa shape index (κ3) is 8.20. The number of hydrogen-bond acceptors (Lipinski definition) is 5. The molecule has 0 spiro atoms. The molecule has 285 valence electrons. The van der Waals surface area contributed by atoms with Crippen molar-refractivity contribution in [1.29, 1.82) is 0 Å². The van der Waals surface area contributed by atoms with Gasteiger partial charge in [-0.2, -0.15) is 0 Å². The van der Waals surface area contributed by atoms with Gasteiger partial charge in [0, 0.05) is 65.2 Å². The van der Waals surface area contributed by atoms with Crippen LogP contribution in [0.4, 0.5) is 0 Å². The Morgan fingerprint density at radius 2 is 1.49 bits per heavy atom. The van der Waals surface area contributed by atoms with E-state index in [0.717, 1.165) is 82.0 Å². The Bertz CT molecular complexity index is 2250. The first-order chi connectivity index (χ1) is 24.5. The van der Waals surface area contributed by atoms with E-state index in [2.05, 4.69) is 90.1 Å². The number of nitrogens with zero attached hydrogens (tertiary/aromatic N) is 1. The van der Waals surface area contributed by atoms with E-state index in [1.807, 2.05) is 53.8 Å². The van der Waals surface area contributed by atoms with Crippen LogP contribution in [0.3, 0.4) is 0 Å². The summed E-state index contributed by atoms with van der Waals surface area (Å²) in [6.45, 7) is 25.4. The van der Waals surface area contributed by atoms with E-state index < -0.39 is 0 Å². The second-order valence-corrected chi connectivity index (χ2v) is 16.5. The number of benzene rings is 3. The quantitative estimate of drug-likeness (QED) is 0.0842. The number of aromatic nitrogens is 1. The maximum Gasteiger partial charge on any atom is 0.164 e. The van der Waals surface area contributed by atoms with Crippen molar-refractivity contribution in [2.75, 3.05) is 0 Å². The van der Waals surface area contributed by atoms with E-state index in [1.54, 1.807) is 0 Å². The first kappa shape index (κ1) is 42.0. The smallest absolute Gasteiger partial charge is 0.164 e. The monoisotopic (exact) mass is 893 g/mol. The number of hydrogen-bond donors (Lipinski definition) is 1. The second-order valence-electron chi connectivity index (χ2n) is 16.5. The number of allylic oxidation sites excluding steroid dienone is 2. The SMILES string of the molecule is CCC(C)(CC)C(=O)/C=C(\O)C(C)(CC)CC.Cc1oc2c(ccc3oc4c(-c5[c-]c6ccccc6c(C(C)(C)C)c5)nccc4c32)c1CC(C)C.[Ir]. The summed E-state index contributed by atoms with van der Waals surface area (Å²) in [4.78, 5) is 17.0. The minimum absolute atomic E-state index is 0. The molecule has 0 bridgehead atoms. The molecule has 0 aliphatic heterocycles. The Kier molecular flexibility index (Phi) is 12.9. The molecule has 53 heavy (non-hydrogen) atoms. The number of aryl methyl sites for hydroxylation is 1. The summed E-state index contributed by atoms with van der Waals surface area (Å²) in [7, 11) is 0. The van der Waals surface area contributed by atoms with Crippen molar-refractivity contribution in [3.63, 3.8) is 0 Å². The van der Waals surface area contributed by atoms with Crippen molar-refractivity contribution < 1.29 is 38.8 Å². The van der Waals surface area contributed by atoms with Crippen LogP contribution in [-0.2, 0) is 36.7 Å². The molecule has 3 heterocycles. The van der Waals surface area contributed by atoms with Gasteiger partial charge < -0.3 is 13.9 Å². The number of furan rings is 2. The summed E-state index contributed by atoms with van der Waals surface area (Å²) in [5.41, 5.74) is 6.22. The topological polar surface area (TPSA) is 76.5 Å². The molecule has 0 aliphatic carbocycles. The van der Waals surface area contributed by atoms with Gasteiger partial charge in [-0.15, -0.1) is 29.1 Å². The average Bonchev–Trinajstić information content (AvgIpc) is 3.66. The number of aliphatic hydroxyl groups is 1. The predicted molar refractivity (Wildman–Crippen MR) is 218 cm³/mol. The molecule has 3 aromatic carbocycles. The van der Waals surface area contributed by atoms with Crippen molar-refractivity contribution in [1.82, 2.24) is 4.98 Å². The van der Waals surface area contributed by atoms with Crippen LogP contribution < -0.4 is 0 Å². The Hall–Kier alpha value is -3.73. The van der Waals surface area contributed by atoms with Crippen LogP contribution in [0, 0.1) is 29.7 Å². The van der Waals surface area contributed by atoms with E-state index in [-0.39, 0.29) is 47.9 Å². The zero-order valence-electron chi connectivity index (χ0n) is 33.8. The van der Waals surface area contributed by atoms with Crippen molar-refractivity contribution in [3.8, 4) is 11.3 Å². The minimum atomic E-state index is -0.337. The van der Waals surface area contributed by atoms with E-state index >= 15 is 0 Å². The molecule has 1 radical (unpaired) electrons. The fraction of sp³-hybridized carbons (Fsp3) is 0.447. The fourth-order valence-electron chi connectivity index (χ4n) is 7.03. The molecule has 0 unspecified atom stereocenters. The molecular weight excluding hydrogens is 835 g/mol.